The molecule has 0 saturated carbocycles. The van der Waals surface area contributed by atoms with Gasteiger partial charge in [-0.1, -0.05) is 6.08 Å². The molecule has 1 aromatic rings. The van der Waals surface area contributed by atoms with E-state index in [0.717, 1.165) is 0 Å². The summed E-state index contributed by atoms with van der Waals surface area (Å²) in [6.45, 7) is 3.14. The summed E-state index contributed by atoms with van der Waals surface area (Å²) in [5.74, 6) is -1.54. The van der Waals surface area contributed by atoms with E-state index in [9.17, 15) is 19.7 Å². The van der Waals surface area contributed by atoms with Crippen molar-refractivity contribution in [3.05, 3.63) is 64.0 Å². The summed E-state index contributed by atoms with van der Waals surface area (Å²) in [6, 6.07) is 4.65. The van der Waals surface area contributed by atoms with Gasteiger partial charge in [0.1, 0.15) is 11.4 Å². The molecule has 0 atom stereocenters. The number of ether oxygens (including phenoxy) is 2. The number of aliphatic hydroxyl groups excluding tert-OH is 1. The lowest BCUT2D eigenvalue weighted by Gasteiger charge is -2.35. The number of esters is 2. The first-order chi connectivity index (χ1) is 15.9. The molecule has 0 aliphatic carbocycles. The molecule has 0 spiro atoms. The van der Waals surface area contributed by atoms with Gasteiger partial charge in [0.25, 0.3) is 5.69 Å². The van der Waals surface area contributed by atoms with Gasteiger partial charge in [0.15, 0.2) is 0 Å². The minimum absolute atomic E-state index is 0.0407. The second-order valence-electron chi connectivity index (χ2n) is 7.30. The number of methoxy groups -OCH3 is 2. The van der Waals surface area contributed by atoms with E-state index in [1.54, 1.807) is 24.3 Å². The first kappa shape index (κ1) is 24.0. The smallest absolute Gasteiger partial charge is 0.355 e. The molecule has 1 aromatic carbocycles. The zero-order chi connectivity index (χ0) is 24.0. The zero-order valence-electron chi connectivity index (χ0n) is 18.5. The highest BCUT2D eigenvalue weighted by molar-refractivity contribution is 6.05. The third kappa shape index (κ3) is 5.21. The highest BCUT2D eigenvalue weighted by atomic mass is 16.6. The number of rotatable bonds is 7. The van der Waals surface area contributed by atoms with E-state index in [1.165, 1.54) is 37.5 Å². The topological polar surface area (TPSA) is 126 Å². The average Bonchev–Trinajstić information content (AvgIpc) is 3.06. The van der Waals surface area contributed by atoms with Crippen LogP contribution in [0.4, 0.5) is 17.1 Å². The van der Waals surface area contributed by atoms with Crippen molar-refractivity contribution in [2.24, 2.45) is 0 Å². The predicted octanol–water partition coefficient (Wildman–Crippen LogP) is 1.20. The summed E-state index contributed by atoms with van der Waals surface area (Å²) < 4.78 is 9.67. The molecule has 3 rings (SSSR count). The van der Waals surface area contributed by atoms with Gasteiger partial charge in [-0.3, -0.25) is 15.0 Å². The molecule has 0 aromatic heterocycles. The van der Waals surface area contributed by atoms with Gasteiger partial charge in [-0.25, -0.2) is 9.59 Å². The number of aliphatic hydroxyl groups is 1. The fourth-order valence-electron chi connectivity index (χ4n) is 3.79. The number of carbonyl (C=O) groups excluding carboxylic acids is 2. The molecule has 176 valence electrons. The van der Waals surface area contributed by atoms with Crippen molar-refractivity contribution in [2.45, 2.75) is 0 Å². The maximum atomic E-state index is 12.6. The number of nitrogens with zero attached hydrogens (tertiary/aromatic N) is 4. The van der Waals surface area contributed by atoms with Crippen LogP contribution in [0.1, 0.15) is 0 Å². The van der Waals surface area contributed by atoms with Crippen LogP contribution in [0.25, 0.3) is 0 Å². The summed E-state index contributed by atoms with van der Waals surface area (Å²) in [5, 5.41) is 21.0. The van der Waals surface area contributed by atoms with E-state index >= 15 is 0 Å². The molecule has 0 amide bonds. The Balaban J connectivity index is 2.02. The Morgan fingerprint density at radius 1 is 1.09 bits per heavy atom. The van der Waals surface area contributed by atoms with Crippen LogP contribution in [0.5, 0.6) is 0 Å². The predicted molar refractivity (Wildman–Crippen MR) is 121 cm³/mol. The van der Waals surface area contributed by atoms with Crippen LogP contribution < -0.4 is 9.80 Å². The van der Waals surface area contributed by atoms with Crippen molar-refractivity contribution in [1.82, 2.24) is 4.90 Å². The third-order valence-electron chi connectivity index (χ3n) is 5.45. The molecule has 2 heterocycles. The van der Waals surface area contributed by atoms with Crippen molar-refractivity contribution in [3.8, 4) is 0 Å². The number of benzene rings is 1. The van der Waals surface area contributed by atoms with E-state index in [0.29, 0.717) is 44.1 Å². The van der Waals surface area contributed by atoms with Crippen molar-refractivity contribution in [2.75, 3.05) is 63.4 Å². The van der Waals surface area contributed by atoms with Gasteiger partial charge in [0.05, 0.1) is 37.0 Å². The van der Waals surface area contributed by atoms with Crippen molar-refractivity contribution in [3.63, 3.8) is 0 Å². The number of anilines is 2. The molecule has 1 N–H and O–H groups in total. The molecular weight excluding hydrogens is 432 g/mol. The van der Waals surface area contributed by atoms with Gasteiger partial charge in [0.2, 0.25) is 0 Å². The minimum Gasteiger partial charge on any atom is -0.465 e. The fourth-order valence-corrected chi connectivity index (χ4v) is 3.79. The number of hydrogen-bond acceptors (Lipinski definition) is 10. The van der Waals surface area contributed by atoms with Crippen LogP contribution in [0.15, 0.2) is 53.9 Å². The SMILES string of the molecule is COC(=O)C1=C(C(=O)OC)N(c2ccc(N3CCN(CCO)CC3)c([N+](=O)[O-])c2)C=CC=C1. The summed E-state index contributed by atoms with van der Waals surface area (Å²) >= 11 is 0. The number of carbonyl (C=O) groups is 2. The molecule has 1 saturated heterocycles. The van der Waals surface area contributed by atoms with Crippen LogP contribution >= 0.6 is 0 Å². The van der Waals surface area contributed by atoms with Crippen molar-refractivity contribution >= 4 is 29.0 Å². The van der Waals surface area contributed by atoms with Gasteiger partial charge in [-0.2, -0.15) is 0 Å². The summed E-state index contributed by atoms with van der Waals surface area (Å²) in [4.78, 5) is 41.7. The summed E-state index contributed by atoms with van der Waals surface area (Å²) in [7, 11) is 2.38. The van der Waals surface area contributed by atoms with Crippen molar-refractivity contribution in [1.29, 1.82) is 0 Å². The standard InChI is InChI=1S/C22H26N4O7/c1-32-21(28)17-5-3-4-8-25(20(17)22(29)33-2)16-6-7-18(19(15-16)26(30)31)24-11-9-23(10-12-24)13-14-27/h3-8,15,27H,9-14H2,1-2H3. The zero-order valence-corrected chi connectivity index (χ0v) is 18.5. The second-order valence-corrected chi connectivity index (χ2v) is 7.30. The van der Waals surface area contributed by atoms with E-state index in [1.807, 2.05) is 4.90 Å². The maximum Gasteiger partial charge on any atom is 0.355 e. The highest BCUT2D eigenvalue weighted by Gasteiger charge is 2.30. The van der Waals surface area contributed by atoms with E-state index in [-0.39, 0.29) is 23.6 Å². The van der Waals surface area contributed by atoms with Gasteiger partial charge in [-0.15, -0.1) is 0 Å². The van der Waals surface area contributed by atoms with Crippen LogP contribution in [0.3, 0.4) is 0 Å². The quantitative estimate of drug-likeness (QED) is 0.362. The lowest BCUT2D eigenvalue weighted by atomic mass is 10.1. The Morgan fingerprint density at radius 2 is 1.79 bits per heavy atom. The third-order valence-corrected chi connectivity index (χ3v) is 5.45. The van der Waals surface area contributed by atoms with E-state index in [2.05, 4.69) is 4.90 Å². The number of nitro benzene ring substituents is 1. The van der Waals surface area contributed by atoms with Crippen LogP contribution in [-0.4, -0.2) is 80.4 Å². The molecule has 0 radical (unpaired) electrons. The van der Waals surface area contributed by atoms with Crippen molar-refractivity contribution < 1.29 is 29.1 Å². The first-order valence-electron chi connectivity index (χ1n) is 10.3. The van der Waals surface area contributed by atoms with Crippen LogP contribution in [-0.2, 0) is 19.1 Å². The molecule has 33 heavy (non-hydrogen) atoms. The number of piperazine rings is 1. The molecule has 0 unspecified atom stereocenters. The highest BCUT2D eigenvalue weighted by Crippen LogP contribution is 2.35. The Hall–Kier alpha value is -3.70. The average molecular weight is 458 g/mol. The molecular formula is C22H26N4O7. The second kappa shape index (κ2) is 10.7. The number of nitro groups is 1. The Kier molecular flexibility index (Phi) is 7.80. The van der Waals surface area contributed by atoms with Gasteiger partial charge in [-0.05, 0) is 24.3 Å². The lowest BCUT2D eigenvalue weighted by Crippen LogP contribution is -2.47. The summed E-state index contributed by atoms with van der Waals surface area (Å²) in [6.07, 6.45) is 6.09. The normalized spacial score (nSPS) is 16.6. The monoisotopic (exact) mass is 458 g/mol. The van der Waals surface area contributed by atoms with Gasteiger partial charge in [0, 0.05) is 45.0 Å². The Bertz CT molecular complexity index is 1010. The number of hydrogen-bond donors (Lipinski definition) is 1. The first-order valence-corrected chi connectivity index (χ1v) is 10.3. The van der Waals surface area contributed by atoms with E-state index in [4.69, 9.17) is 14.6 Å². The molecule has 11 heteroatoms. The largest absolute Gasteiger partial charge is 0.465 e. The Morgan fingerprint density at radius 3 is 2.39 bits per heavy atom. The summed E-state index contributed by atoms with van der Waals surface area (Å²) in [5.41, 5.74) is 0.486. The Labute approximate surface area is 190 Å². The molecule has 2 aliphatic rings. The van der Waals surface area contributed by atoms with Crippen LogP contribution in [0.2, 0.25) is 0 Å². The molecule has 11 nitrogen and oxygen atoms in total. The van der Waals surface area contributed by atoms with Gasteiger partial charge >= 0.3 is 11.9 Å². The minimum atomic E-state index is -0.793. The molecule has 0 bridgehead atoms. The molecule has 2 aliphatic heterocycles. The fraction of sp³-hybridized carbons (Fsp3) is 0.364. The number of allylic oxidation sites excluding steroid dienone is 2. The van der Waals surface area contributed by atoms with Crippen LogP contribution in [0, 0.1) is 10.1 Å². The molecule has 1 fully saturated rings. The van der Waals surface area contributed by atoms with E-state index < -0.39 is 16.9 Å². The maximum absolute atomic E-state index is 12.6. The number of β-amino-alcohol motifs (C(OH)–C–C–N with tert-alkyl or cyclic N) is 1. The lowest BCUT2D eigenvalue weighted by molar-refractivity contribution is -0.384. The van der Waals surface area contributed by atoms with Gasteiger partial charge < -0.3 is 24.4 Å².